The van der Waals surface area contributed by atoms with E-state index in [1.54, 1.807) is 18.5 Å². The van der Waals surface area contributed by atoms with Crippen LogP contribution in [0.15, 0.2) is 58.8 Å². The number of likely N-dealkylation sites (N-methyl/N-ethyl adjacent to an activating group) is 2. The first-order valence-corrected chi connectivity index (χ1v) is 9.04. The molecule has 0 spiro atoms. The third-order valence-corrected chi connectivity index (χ3v) is 4.78. The van der Waals surface area contributed by atoms with Gasteiger partial charge in [-0.3, -0.25) is 4.79 Å². The Hall–Kier alpha value is -3.11. The number of aliphatic imine (C=N–C) groups is 2. The fraction of sp³-hybridized carbons (Fsp3) is 0.421. The normalized spacial score (nSPS) is 22.5. The molecule has 11 heteroatoms. The molecule has 2 rings (SSSR count). The van der Waals surface area contributed by atoms with Crippen LogP contribution in [0.5, 0.6) is 0 Å². The lowest BCUT2D eigenvalue weighted by atomic mass is 9.89. The lowest BCUT2D eigenvalue weighted by molar-refractivity contribution is -0.160. The summed E-state index contributed by atoms with van der Waals surface area (Å²) in [5.41, 5.74) is 6.13. The summed E-state index contributed by atoms with van der Waals surface area (Å²) in [6, 6.07) is -1.14. The summed E-state index contributed by atoms with van der Waals surface area (Å²) in [4.78, 5) is 22.4. The summed E-state index contributed by atoms with van der Waals surface area (Å²) in [7, 11) is 2.37. The zero-order valence-corrected chi connectivity index (χ0v) is 16.8. The molecule has 30 heavy (non-hydrogen) atoms. The highest BCUT2D eigenvalue weighted by Gasteiger charge is 2.35. The monoisotopic (exact) mass is 428 g/mol. The average Bonchev–Trinajstić information content (AvgIpc) is 3.17. The molecule has 3 N–H and O–H groups in total. The number of halogens is 4. The van der Waals surface area contributed by atoms with Crippen molar-refractivity contribution in [2.24, 2.45) is 27.6 Å². The van der Waals surface area contributed by atoms with Crippen LogP contribution in [0.25, 0.3) is 0 Å². The van der Waals surface area contributed by atoms with E-state index in [2.05, 4.69) is 21.9 Å². The molecule has 1 amide bonds. The van der Waals surface area contributed by atoms with Crippen LogP contribution in [0.3, 0.4) is 0 Å². The number of carbonyl (C=O) groups is 1. The molecule has 0 saturated carbocycles. The summed E-state index contributed by atoms with van der Waals surface area (Å²) < 4.78 is 52.3. The lowest BCUT2D eigenvalue weighted by Gasteiger charge is -2.31. The van der Waals surface area contributed by atoms with Crippen molar-refractivity contribution in [1.82, 2.24) is 15.1 Å². The van der Waals surface area contributed by atoms with E-state index in [9.17, 15) is 22.4 Å². The average molecular weight is 428 g/mol. The molecule has 0 fully saturated rings. The molecule has 2 unspecified atom stereocenters. The number of hydrogen-bond acceptors (Lipinski definition) is 5. The van der Waals surface area contributed by atoms with Crippen LogP contribution < -0.4 is 11.1 Å². The van der Waals surface area contributed by atoms with Gasteiger partial charge >= 0.3 is 6.18 Å². The molecular weight excluding hydrogens is 404 g/mol. The Morgan fingerprint density at radius 2 is 2.10 bits per heavy atom. The molecule has 0 saturated heterocycles. The van der Waals surface area contributed by atoms with Gasteiger partial charge in [0, 0.05) is 26.2 Å². The van der Waals surface area contributed by atoms with Crippen molar-refractivity contribution < 1.29 is 22.4 Å². The molecule has 164 valence electrons. The topological polar surface area (TPSA) is 86.3 Å². The quantitative estimate of drug-likeness (QED) is 0.282. The number of fused-ring (bicyclic) bond motifs is 1. The van der Waals surface area contributed by atoms with Crippen molar-refractivity contribution >= 4 is 17.6 Å². The van der Waals surface area contributed by atoms with Crippen LogP contribution in [0.2, 0.25) is 0 Å². The van der Waals surface area contributed by atoms with Gasteiger partial charge in [0.15, 0.2) is 11.6 Å². The van der Waals surface area contributed by atoms with E-state index in [-0.39, 0.29) is 17.6 Å². The fourth-order valence-electron chi connectivity index (χ4n) is 3.06. The Morgan fingerprint density at radius 1 is 1.43 bits per heavy atom. The maximum atomic E-state index is 14.5. The number of hydrogen-bond donors (Lipinski definition) is 2. The number of rotatable bonds is 7. The van der Waals surface area contributed by atoms with Crippen molar-refractivity contribution in [2.45, 2.75) is 19.1 Å². The molecule has 0 aromatic rings. The maximum Gasteiger partial charge on any atom is 0.406 e. The fourth-order valence-corrected chi connectivity index (χ4v) is 3.06. The van der Waals surface area contributed by atoms with Gasteiger partial charge < -0.3 is 20.9 Å². The van der Waals surface area contributed by atoms with E-state index in [1.807, 2.05) is 6.08 Å². The molecular formula is C19H24F4N6O. The third kappa shape index (κ3) is 5.28. The highest BCUT2D eigenvalue weighted by Crippen LogP contribution is 2.26. The van der Waals surface area contributed by atoms with Crippen LogP contribution in [0, 0.1) is 11.8 Å². The molecule has 3 atom stereocenters. The second kappa shape index (κ2) is 9.14. The Bertz CT molecular complexity index is 842. The van der Waals surface area contributed by atoms with E-state index in [4.69, 9.17) is 5.73 Å². The van der Waals surface area contributed by atoms with E-state index < -0.39 is 36.4 Å². The molecule has 0 aromatic carbocycles. The molecule has 0 radical (unpaired) electrons. The van der Waals surface area contributed by atoms with Gasteiger partial charge in [-0.2, -0.15) is 13.2 Å². The minimum Gasteiger partial charge on any atom is -0.387 e. The number of alkyl halides is 3. The Balaban J connectivity index is 2.28. The van der Waals surface area contributed by atoms with Gasteiger partial charge in [0.2, 0.25) is 5.91 Å². The highest BCUT2D eigenvalue weighted by molar-refractivity contribution is 5.98. The van der Waals surface area contributed by atoms with Crippen molar-refractivity contribution in [2.75, 3.05) is 20.6 Å². The largest absolute Gasteiger partial charge is 0.406 e. The second-order valence-electron chi connectivity index (χ2n) is 6.92. The summed E-state index contributed by atoms with van der Waals surface area (Å²) in [6.07, 6.45) is 3.16. The predicted octanol–water partition coefficient (Wildman–Crippen LogP) is 2.28. The smallest absolute Gasteiger partial charge is 0.387 e. The van der Waals surface area contributed by atoms with Gasteiger partial charge in [-0.25, -0.2) is 14.4 Å². The van der Waals surface area contributed by atoms with E-state index in [0.29, 0.717) is 10.7 Å². The van der Waals surface area contributed by atoms with Crippen molar-refractivity contribution in [3.05, 3.63) is 48.9 Å². The predicted molar refractivity (Wildman–Crippen MR) is 107 cm³/mol. The van der Waals surface area contributed by atoms with Gasteiger partial charge in [0.05, 0.1) is 5.92 Å². The zero-order valence-electron chi connectivity index (χ0n) is 16.8. The van der Waals surface area contributed by atoms with Crippen LogP contribution in [-0.2, 0) is 4.79 Å². The number of amidine groups is 2. The number of allylic oxidation sites excluding steroid dienone is 2. The minimum atomic E-state index is -4.55. The van der Waals surface area contributed by atoms with Crippen LogP contribution in [0.4, 0.5) is 17.6 Å². The van der Waals surface area contributed by atoms with Crippen molar-refractivity contribution in [3.8, 4) is 0 Å². The first-order chi connectivity index (χ1) is 14.0. The highest BCUT2D eigenvalue weighted by atomic mass is 19.4. The number of amides is 1. The number of nitrogens with zero attached hydrogens (tertiary/aromatic N) is 4. The summed E-state index contributed by atoms with van der Waals surface area (Å²) >= 11 is 0. The summed E-state index contributed by atoms with van der Waals surface area (Å²) in [5.74, 6) is -1.92. The van der Waals surface area contributed by atoms with Gasteiger partial charge in [0.25, 0.3) is 0 Å². The van der Waals surface area contributed by atoms with E-state index in [0.717, 1.165) is 18.0 Å². The van der Waals surface area contributed by atoms with Crippen molar-refractivity contribution in [1.29, 1.82) is 0 Å². The van der Waals surface area contributed by atoms with Gasteiger partial charge in [-0.05, 0) is 19.2 Å². The minimum absolute atomic E-state index is 0.0548. The van der Waals surface area contributed by atoms with Crippen LogP contribution in [-0.4, -0.2) is 60.2 Å². The molecule has 7 nitrogen and oxygen atoms in total. The first-order valence-electron chi connectivity index (χ1n) is 9.04. The standard InChI is InChI=1S/C19H24F4N6O/c1-5-14(20)17(29(4)11(2)18(30)28(3)10-19(21,22)23)27-15(24)12-6-8-25-16-13(12)7-9-26-16/h5-9,11-13H,1,10H2,2-4H3,(H2,24,27)(H,25,26)/b17-14-/t11-,12?,13?/m1/s1. The number of nitrogens with one attached hydrogen (secondary N) is 1. The van der Waals surface area contributed by atoms with E-state index >= 15 is 0 Å². The molecule has 0 bridgehead atoms. The van der Waals surface area contributed by atoms with Crippen molar-refractivity contribution in [3.63, 3.8) is 0 Å². The SMILES string of the molecule is C=C/C(F)=C(\N=C(N)C1C=CNC2=NC=CC21)N(C)[C@H](C)C(=O)N(C)CC(F)(F)F. The second-order valence-corrected chi connectivity index (χ2v) is 6.92. The van der Waals surface area contributed by atoms with Gasteiger partial charge in [-0.15, -0.1) is 0 Å². The van der Waals surface area contributed by atoms with Gasteiger partial charge in [0.1, 0.15) is 24.3 Å². The molecule has 2 aliphatic rings. The van der Waals surface area contributed by atoms with Crippen LogP contribution >= 0.6 is 0 Å². The lowest BCUT2D eigenvalue weighted by Crippen LogP contribution is -2.47. The molecule has 0 aromatic heterocycles. The molecule has 2 heterocycles. The number of carbonyl (C=O) groups excluding carboxylic acids is 1. The Kier molecular flexibility index (Phi) is 7.06. The van der Waals surface area contributed by atoms with Gasteiger partial charge in [-0.1, -0.05) is 18.7 Å². The molecule has 2 aliphatic heterocycles. The van der Waals surface area contributed by atoms with E-state index in [1.165, 1.54) is 14.0 Å². The number of nitrogens with two attached hydrogens (primary N) is 1. The maximum absolute atomic E-state index is 14.5. The van der Waals surface area contributed by atoms with Crippen LogP contribution in [0.1, 0.15) is 6.92 Å². The third-order valence-electron chi connectivity index (χ3n) is 4.78. The molecule has 0 aliphatic carbocycles. The Labute approximate surface area is 172 Å². The zero-order chi connectivity index (χ0) is 22.6. The Morgan fingerprint density at radius 3 is 2.70 bits per heavy atom. The first kappa shape index (κ1) is 23.2. The summed E-state index contributed by atoms with van der Waals surface area (Å²) in [6.45, 7) is 3.29. The summed E-state index contributed by atoms with van der Waals surface area (Å²) in [5, 5.41) is 2.98.